The van der Waals surface area contributed by atoms with E-state index in [0.29, 0.717) is 18.1 Å². The molecule has 4 aromatic rings. The number of hydrogen-bond donors (Lipinski definition) is 0. The monoisotopic (exact) mass is 534 g/mol. The molecule has 0 unspecified atom stereocenters. The predicted molar refractivity (Wildman–Crippen MR) is 153 cm³/mol. The Morgan fingerprint density at radius 3 is 2.50 bits per heavy atom. The highest BCUT2D eigenvalue weighted by Gasteiger charge is 2.39. The molecule has 1 aliphatic carbocycles. The molecule has 6 rings (SSSR count). The molecule has 1 fully saturated rings. The van der Waals surface area contributed by atoms with E-state index in [-0.39, 0.29) is 36.1 Å². The molecule has 1 aromatic heterocycles. The first-order valence-corrected chi connectivity index (χ1v) is 14.0. The molecule has 0 radical (unpaired) electrons. The molecule has 3 aromatic carbocycles. The van der Waals surface area contributed by atoms with E-state index in [1.807, 2.05) is 36.4 Å². The van der Waals surface area contributed by atoms with Crippen molar-refractivity contribution in [1.82, 2.24) is 9.80 Å². The van der Waals surface area contributed by atoms with E-state index in [0.717, 1.165) is 42.5 Å². The molecule has 6 nitrogen and oxygen atoms in total. The van der Waals surface area contributed by atoms with Crippen molar-refractivity contribution < 1.29 is 18.7 Å². The van der Waals surface area contributed by atoms with Crippen LogP contribution < -0.4 is 4.74 Å². The van der Waals surface area contributed by atoms with Crippen LogP contribution in [0.5, 0.6) is 5.75 Å². The summed E-state index contributed by atoms with van der Waals surface area (Å²) < 4.78 is 12.0. The number of furan rings is 1. The molecule has 0 bridgehead atoms. The molecule has 2 amide bonds. The van der Waals surface area contributed by atoms with Gasteiger partial charge in [0.25, 0.3) is 5.91 Å². The van der Waals surface area contributed by atoms with Gasteiger partial charge in [-0.3, -0.25) is 9.59 Å². The first kappa shape index (κ1) is 25.9. The summed E-state index contributed by atoms with van der Waals surface area (Å²) in [5, 5.41) is 0. The number of amides is 2. The molecule has 2 heterocycles. The van der Waals surface area contributed by atoms with E-state index < -0.39 is 0 Å². The topological polar surface area (TPSA) is 63.0 Å². The zero-order chi connectivity index (χ0) is 27.6. The quantitative estimate of drug-likeness (QED) is 0.265. The van der Waals surface area contributed by atoms with Gasteiger partial charge in [-0.1, -0.05) is 66.2 Å². The fourth-order valence-corrected chi connectivity index (χ4v) is 5.44. The van der Waals surface area contributed by atoms with Crippen LogP contribution in [0.3, 0.4) is 0 Å². The van der Waals surface area contributed by atoms with Gasteiger partial charge < -0.3 is 19.0 Å². The fraction of sp³-hybridized carbons (Fsp3) is 0.294. The normalized spacial score (nSPS) is 16.4. The van der Waals surface area contributed by atoms with Gasteiger partial charge in [-0.25, -0.2) is 0 Å². The van der Waals surface area contributed by atoms with Crippen molar-refractivity contribution in [1.29, 1.82) is 0 Å². The van der Waals surface area contributed by atoms with Gasteiger partial charge in [-0.15, -0.1) is 0 Å². The van der Waals surface area contributed by atoms with Crippen molar-refractivity contribution in [3.8, 4) is 5.75 Å². The van der Waals surface area contributed by atoms with E-state index in [4.69, 9.17) is 9.15 Å². The van der Waals surface area contributed by atoms with Crippen LogP contribution in [0.1, 0.15) is 63.0 Å². The third-order valence-electron chi connectivity index (χ3n) is 7.81. The maximum atomic E-state index is 13.3. The second-order valence-corrected chi connectivity index (χ2v) is 10.9. The molecule has 0 N–H and O–H groups in total. The number of aryl methyl sites for hydroxylation is 1. The summed E-state index contributed by atoms with van der Waals surface area (Å²) in [7, 11) is 1.77. The van der Waals surface area contributed by atoms with Crippen LogP contribution in [0.25, 0.3) is 0 Å². The molecule has 2 aliphatic rings. The van der Waals surface area contributed by atoms with Crippen LogP contribution in [-0.4, -0.2) is 35.2 Å². The molecule has 1 atom stereocenters. The van der Waals surface area contributed by atoms with Crippen LogP contribution in [0.15, 0.2) is 89.3 Å². The average molecular weight is 535 g/mol. The lowest BCUT2D eigenvalue weighted by atomic mass is 9.87. The maximum absolute atomic E-state index is 13.3. The van der Waals surface area contributed by atoms with Gasteiger partial charge in [0.2, 0.25) is 5.91 Å². The molecule has 1 saturated carbocycles. The minimum Gasteiger partial charge on any atom is -0.486 e. The number of carbonyl (C=O) groups is 2. The van der Waals surface area contributed by atoms with Crippen LogP contribution in [0.4, 0.5) is 0 Å². The minimum atomic E-state index is -0.176. The van der Waals surface area contributed by atoms with Crippen molar-refractivity contribution in [2.45, 2.75) is 45.4 Å². The number of ether oxygens (including phenoxy) is 1. The third-order valence-corrected chi connectivity index (χ3v) is 7.81. The lowest BCUT2D eigenvalue weighted by molar-refractivity contribution is -0.134. The predicted octanol–water partition coefficient (Wildman–Crippen LogP) is 6.32. The van der Waals surface area contributed by atoms with Gasteiger partial charge >= 0.3 is 0 Å². The summed E-state index contributed by atoms with van der Waals surface area (Å²) in [5.74, 6) is 1.82. The minimum absolute atomic E-state index is 0.131. The van der Waals surface area contributed by atoms with Crippen molar-refractivity contribution in [2.24, 2.45) is 5.92 Å². The Labute approximate surface area is 235 Å². The van der Waals surface area contributed by atoms with E-state index in [1.54, 1.807) is 24.1 Å². The van der Waals surface area contributed by atoms with E-state index >= 15 is 0 Å². The highest BCUT2D eigenvalue weighted by molar-refractivity contribution is 5.91. The van der Waals surface area contributed by atoms with Crippen molar-refractivity contribution in [3.63, 3.8) is 0 Å². The van der Waals surface area contributed by atoms with Crippen LogP contribution in [0.2, 0.25) is 0 Å². The van der Waals surface area contributed by atoms with Gasteiger partial charge in [0.1, 0.15) is 18.1 Å². The molecule has 40 heavy (non-hydrogen) atoms. The Balaban J connectivity index is 1.18. The van der Waals surface area contributed by atoms with Gasteiger partial charge in [0.05, 0.1) is 6.04 Å². The molecule has 6 heteroatoms. The third kappa shape index (κ3) is 5.53. The van der Waals surface area contributed by atoms with Crippen LogP contribution >= 0.6 is 0 Å². The zero-order valence-electron chi connectivity index (χ0n) is 23.0. The van der Waals surface area contributed by atoms with Gasteiger partial charge in [-0.05, 0) is 72.7 Å². The fourth-order valence-electron chi connectivity index (χ4n) is 5.44. The van der Waals surface area contributed by atoms with Crippen LogP contribution in [-0.2, 0) is 24.4 Å². The van der Waals surface area contributed by atoms with E-state index in [1.165, 1.54) is 11.1 Å². The number of rotatable bonds is 8. The SMILES string of the molecule is Cc1ccc([C@H]2c3cc(OCc4ccc(C(=O)N(C)Cc5ccccc5)o4)ccc3CCN2C(=O)C2CC2)cc1. The Hall–Kier alpha value is -4.32. The number of benzene rings is 3. The number of nitrogens with zero attached hydrogens (tertiary/aromatic N) is 2. The summed E-state index contributed by atoms with van der Waals surface area (Å²) in [5.41, 5.74) is 5.72. The second kappa shape index (κ2) is 11.0. The molecule has 1 aliphatic heterocycles. The first-order valence-electron chi connectivity index (χ1n) is 14.0. The number of carbonyl (C=O) groups excluding carboxylic acids is 2. The highest BCUT2D eigenvalue weighted by Crippen LogP contribution is 2.41. The molecule has 0 saturated heterocycles. The molecule has 0 spiro atoms. The zero-order valence-corrected chi connectivity index (χ0v) is 23.0. The van der Waals surface area contributed by atoms with Crippen molar-refractivity contribution in [2.75, 3.05) is 13.6 Å². The standard InChI is InChI=1S/C34H34N2O4/c1-23-8-10-26(11-9-23)32-30-20-28(15-14-25(30)18-19-36(32)33(37)27-12-13-27)39-22-29-16-17-31(40-29)34(38)35(2)21-24-6-4-3-5-7-24/h3-11,14-17,20,27,32H,12-13,18-19,21-22H2,1-2H3/t32-/m0/s1. The van der Waals surface area contributed by atoms with E-state index in [9.17, 15) is 9.59 Å². The lowest BCUT2D eigenvalue weighted by Crippen LogP contribution is -2.41. The van der Waals surface area contributed by atoms with Gasteiger partial charge in [0.15, 0.2) is 5.76 Å². The second-order valence-electron chi connectivity index (χ2n) is 10.9. The summed E-state index contributed by atoms with van der Waals surface area (Å²) in [4.78, 5) is 29.9. The largest absolute Gasteiger partial charge is 0.486 e. The van der Waals surface area contributed by atoms with Crippen molar-refractivity contribution in [3.05, 3.63) is 124 Å². The number of hydrogen-bond acceptors (Lipinski definition) is 4. The Morgan fingerprint density at radius 1 is 0.975 bits per heavy atom. The molecule has 204 valence electrons. The first-order chi connectivity index (χ1) is 19.5. The molecular formula is C34H34N2O4. The van der Waals surface area contributed by atoms with Gasteiger partial charge in [-0.2, -0.15) is 0 Å². The Morgan fingerprint density at radius 2 is 1.75 bits per heavy atom. The summed E-state index contributed by atoms with van der Waals surface area (Å²) >= 11 is 0. The van der Waals surface area contributed by atoms with E-state index in [2.05, 4.69) is 48.2 Å². The van der Waals surface area contributed by atoms with Crippen LogP contribution in [0, 0.1) is 12.8 Å². The van der Waals surface area contributed by atoms with Crippen molar-refractivity contribution >= 4 is 11.8 Å². The summed E-state index contributed by atoms with van der Waals surface area (Å²) in [6.45, 7) is 3.51. The smallest absolute Gasteiger partial charge is 0.289 e. The maximum Gasteiger partial charge on any atom is 0.289 e. The average Bonchev–Trinajstić information content (AvgIpc) is 3.73. The summed E-state index contributed by atoms with van der Waals surface area (Å²) in [6, 6.07) is 27.9. The molecular weight excluding hydrogens is 500 g/mol. The summed E-state index contributed by atoms with van der Waals surface area (Å²) in [6.07, 6.45) is 2.81. The lowest BCUT2D eigenvalue weighted by Gasteiger charge is -2.38. The number of fused-ring (bicyclic) bond motifs is 1. The highest BCUT2D eigenvalue weighted by atomic mass is 16.5. The Kier molecular flexibility index (Phi) is 7.16. The van der Waals surface area contributed by atoms with Gasteiger partial charge in [0, 0.05) is 26.1 Å². The Bertz CT molecular complexity index is 1500.